The van der Waals surface area contributed by atoms with Gasteiger partial charge in [-0.05, 0) is 58.2 Å². The van der Waals surface area contributed by atoms with Gasteiger partial charge in [0.1, 0.15) is 12.6 Å². The van der Waals surface area contributed by atoms with Crippen LogP contribution < -0.4 is 5.32 Å². The molecule has 2 unspecified atom stereocenters. The SMILES string of the molecule is O=C(OCC1CCCO1)C1CCCN1C1CCNCC1. The fourth-order valence-electron chi connectivity index (χ4n) is 3.66. The van der Waals surface area contributed by atoms with Crippen molar-refractivity contribution in [3.63, 3.8) is 0 Å². The standard InChI is InChI=1S/C15H26N2O3/c18-15(20-11-13-3-2-10-19-13)14-4-1-9-17(14)12-5-7-16-8-6-12/h12-14,16H,1-11H2. The molecule has 3 saturated heterocycles. The quantitative estimate of drug-likeness (QED) is 0.777. The van der Waals surface area contributed by atoms with Gasteiger partial charge in [0.05, 0.1) is 6.10 Å². The topological polar surface area (TPSA) is 50.8 Å². The van der Waals surface area contributed by atoms with E-state index in [1.807, 2.05) is 0 Å². The molecule has 0 aromatic carbocycles. The van der Waals surface area contributed by atoms with E-state index in [4.69, 9.17) is 9.47 Å². The number of carbonyl (C=O) groups excluding carboxylic acids is 1. The van der Waals surface area contributed by atoms with Crippen LogP contribution in [-0.2, 0) is 14.3 Å². The maximum Gasteiger partial charge on any atom is 0.323 e. The predicted octanol–water partition coefficient (Wildman–Crippen LogP) is 0.925. The summed E-state index contributed by atoms with van der Waals surface area (Å²) < 4.78 is 11.0. The molecule has 3 fully saturated rings. The number of carbonyl (C=O) groups is 1. The zero-order chi connectivity index (χ0) is 13.8. The van der Waals surface area contributed by atoms with Crippen molar-refractivity contribution >= 4 is 5.97 Å². The van der Waals surface area contributed by atoms with Gasteiger partial charge < -0.3 is 14.8 Å². The number of likely N-dealkylation sites (tertiary alicyclic amines) is 1. The van der Waals surface area contributed by atoms with Crippen molar-refractivity contribution in [2.75, 3.05) is 32.8 Å². The molecule has 0 spiro atoms. The molecule has 0 saturated carbocycles. The summed E-state index contributed by atoms with van der Waals surface area (Å²) in [6, 6.07) is 0.540. The minimum absolute atomic E-state index is 0.0143. The molecule has 5 heteroatoms. The third-order valence-corrected chi connectivity index (χ3v) is 4.78. The smallest absolute Gasteiger partial charge is 0.323 e. The van der Waals surface area contributed by atoms with Crippen LogP contribution in [0, 0.1) is 0 Å². The fourth-order valence-corrected chi connectivity index (χ4v) is 3.66. The Morgan fingerprint density at radius 1 is 1.20 bits per heavy atom. The van der Waals surface area contributed by atoms with Gasteiger partial charge in [-0.15, -0.1) is 0 Å². The molecule has 0 bridgehead atoms. The molecule has 0 amide bonds. The van der Waals surface area contributed by atoms with E-state index in [9.17, 15) is 4.79 Å². The van der Waals surface area contributed by atoms with Crippen LogP contribution in [0.1, 0.15) is 38.5 Å². The van der Waals surface area contributed by atoms with Crippen LogP contribution in [0.3, 0.4) is 0 Å². The van der Waals surface area contributed by atoms with E-state index in [0.717, 1.165) is 64.8 Å². The van der Waals surface area contributed by atoms with Crippen molar-refractivity contribution in [3.05, 3.63) is 0 Å². The highest BCUT2D eigenvalue weighted by Gasteiger charge is 2.37. The van der Waals surface area contributed by atoms with Gasteiger partial charge in [0.15, 0.2) is 0 Å². The molecule has 0 radical (unpaired) electrons. The summed E-state index contributed by atoms with van der Waals surface area (Å²) in [7, 11) is 0. The highest BCUT2D eigenvalue weighted by Crippen LogP contribution is 2.25. The fraction of sp³-hybridized carbons (Fsp3) is 0.933. The molecular weight excluding hydrogens is 256 g/mol. The van der Waals surface area contributed by atoms with Gasteiger partial charge in [0.2, 0.25) is 0 Å². The molecule has 0 aromatic heterocycles. The maximum absolute atomic E-state index is 12.3. The Hall–Kier alpha value is -0.650. The molecule has 5 nitrogen and oxygen atoms in total. The Balaban J connectivity index is 1.49. The van der Waals surface area contributed by atoms with E-state index < -0.39 is 0 Å². The molecule has 3 heterocycles. The molecule has 114 valence electrons. The van der Waals surface area contributed by atoms with E-state index in [1.54, 1.807) is 0 Å². The highest BCUT2D eigenvalue weighted by atomic mass is 16.6. The molecule has 1 N–H and O–H groups in total. The van der Waals surface area contributed by atoms with Crippen LogP contribution in [0.25, 0.3) is 0 Å². The second kappa shape index (κ2) is 6.87. The zero-order valence-corrected chi connectivity index (χ0v) is 12.2. The number of hydrogen-bond acceptors (Lipinski definition) is 5. The lowest BCUT2D eigenvalue weighted by molar-refractivity contribution is -0.153. The molecule has 0 aliphatic carbocycles. The van der Waals surface area contributed by atoms with Gasteiger partial charge in [-0.25, -0.2) is 0 Å². The normalized spacial score (nSPS) is 32.6. The summed E-state index contributed by atoms with van der Waals surface area (Å²) >= 11 is 0. The Labute approximate surface area is 121 Å². The van der Waals surface area contributed by atoms with Crippen LogP contribution >= 0.6 is 0 Å². The number of esters is 1. The Morgan fingerprint density at radius 3 is 2.80 bits per heavy atom. The average Bonchev–Trinajstić information content (AvgIpc) is 3.17. The minimum atomic E-state index is -0.0310. The summed E-state index contributed by atoms with van der Waals surface area (Å²) in [6.07, 6.45) is 6.61. The third kappa shape index (κ3) is 3.32. The van der Waals surface area contributed by atoms with E-state index in [-0.39, 0.29) is 18.1 Å². The van der Waals surface area contributed by atoms with Crippen molar-refractivity contribution < 1.29 is 14.3 Å². The Bertz CT molecular complexity index is 325. The minimum Gasteiger partial charge on any atom is -0.462 e. The largest absolute Gasteiger partial charge is 0.462 e. The lowest BCUT2D eigenvalue weighted by atomic mass is 10.0. The van der Waals surface area contributed by atoms with Gasteiger partial charge in [0, 0.05) is 12.6 Å². The van der Waals surface area contributed by atoms with Crippen molar-refractivity contribution in [2.24, 2.45) is 0 Å². The molecule has 3 rings (SSSR count). The highest BCUT2D eigenvalue weighted by molar-refractivity contribution is 5.76. The number of piperidine rings is 1. The molecule has 20 heavy (non-hydrogen) atoms. The first-order valence-corrected chi connectivity index (χ1v) is 8.09. The van der Waals surface area contributed by atoms with E-state index in [1.165, 1.54) is 0 Å². The summed E-state index contributed by atoms with van der Waals surface area (Å²) in [5.41, 5.74) is 0. The molecule has 2 atom stereocenters. The summed E-state index contributed by atoms with van der Waals surface area (Å²) in [6.45, 7) is 4.43. The van der Waals surface area contributed by atoms with Gasteiger partial charge in [-0.3, -0.25) is 9.69 Å². The van der Waals surface area contributed by atoms with Gasteiger partial charge in [-0.2, -0.15) is 0 Å². The summed E-state index contributed by atoms with van der Waals surface area (Å²) in [5, 5.41) is 3.39. The lowest BCUT2D eigenvalue weighted by Crippen LogP contribution is -2.48. The first-order valence-electron chi connectivity index (χ1n) is 8.09. The monoisotopic (exact) mass is 282 g/mol. The van der Waals surface area contributed by atoms with Gasteiger partial charge in [-0.1, -0.05) is 0 Å². The third-order valence-electron chi connectivity index (χ3n) is 4.78. The second-order valence-corrected chi connectivity index (χ2v) is 6.14. The average molecular weight is 282 g/mol. The first-order chi connectivity index (χ1) is 9.84. The second-order valence-electron chi connectivity index (χ2n) is 6.14. The number of ether oxygens (including phenoxy) is 2. The number of rotatable bonds is 4. The van der Waals surface area contributed by atoms with E-state index in [2.05, 4.69) is 10.2 Å². The molecule has 3 aliphatic rings. The summed E-state index contributed by atoms with van der Waals surface area (Å²) in [4.78, 5) is 14.7. The van der Waals surface area contributed by atoms with Crippen molar-refractivity contribution in [1.29, 1.82) is 0 Å². The van der Waals surface area contributed by atoms with E-state index in [0.29, 0.717) is 12.6 Å². The van der Waals surface area contributed by atoms with Crippen LogP contribution in [0.15, 0.2) is 0 Å². The number of nitrogens with one attached hydrogen (secondary N) is 1. The van der Waals surface area contributed by atoms with Crippen LogP contribution in [-0.4, -0.2) is 61.9 Å². The molecule has 3 aliphatic heterocycles. The summed E-state index contributed by atoms with van der Waals surface area (Å²) in [5.74, 6) is -0.0310. The number of hydrogen-bond donors (Lipinski definition) is 1. The van der Waals surface area contributed by atoms with Gasteiger partial charge >= 0.3 is 5.97 Å². The zero-order valence-electron chi connectivity index (χ0n) is 12.2. The molecular formula is C15H26N2O3. The van der Waals surface area contributed by atoms with Crippen molar-refractivity contribution in [3.8, 4) is 0 Å². The lowest BCUT2D eigenvalue weighted by Gasteiger charge is -2.34. The van der Waals surface area contributed by atoms with Crippen LogP contribution in [0.4, 0.5) is 0 Å². The maximum atomic E-state index is 12.3. The predicted molar refractivity (Wildman–Crippen MR) is 75.6 cm³/mol. The van der Waals surface area contributed by atoms with Gasteiger partial charge in [0.25, 0.3) is 0 Å². The van der Waals surface area contributed by atoms with Crippen LogP contribution in [0.5, 0.6) is 0 Å². The number of nitrogens with zero attached hydrogens (tertiary/aromatic N) is 1. The Morgan fingerprint density at radius 2 is 2.05 bits per heavy atom. The Kier molecular flexibility index (Phi) is 4.91. The molecule has 0 aromatic rings. The van der Waals surface area contributed by atoms with E-state index >= 15 is 0 Å². The first kappa shape index (κ1) is 14.3. The van der Waals surface area contributed by atoms with Crippen molar-refractivity contribution in [1.82, 2.24) is 10.2 Å². The van der Waals surface area contributed by atoms with Crippen LogP contribution in [0.2, 0.25) is 0 Å². The van der Waals surface area contributed by atoms with Crippen molar-refractivity contribution in [2.45, 2.75) is 56.7 Å².